The van der Waals surface area contributed by atoms with Crippen LogP contribution in [0.3, 0.4) is 0 Å². The fraction of sp³-hybridized carbons (Fsp3) is 0.135. The third-order valence-electron chi connectivity index (χ3n) is 12.0. The summed E-state index contributed by atoms with van der Waals surface area (Å²) in [6.07, 6.45) is 6.94. The third kappa shape index (κ3) is 5.53. The van der Waals surface area contributed by atoms with Gasteiger partial charge in [0.25, 0.3) is 0 Å². The molecule has 55 heavy (non-hydrogen) atoms. The van der Waals surface area contributed by atoms with E-state index in [2.05, 4.69) is 192 Å². The molecule has 0 bridgehead atoms. The van der Waals surface area contributed by atoms with Gasteiger partial charge in [-0.3, -0.25) is 0 Å². The van der Waals surface area contributed by atoms with Gasteiger partial charge in [0.2, 0.25) is 0 Å². The number of rotatable bonds is 5. The predicted molar refractivity (Wildman–Crippen MR) is 229 cm³/mol. The van der Waals surface area contributed by atoms with Crippen molar-refractivity contribution in [2.75, 3.05) is 0 Å². The van der Waals surface area contributed by atoms with Crippen molar-refractivity contribution in [3.63, 3.8) is 0 Å². The molecule has 0 amide bonds. The number of hydrogen-bond acceptors (Lipinski definition) is 3. The van der Waals surface area contributed by atoms with Gasteiger partial charge in [0, 0.05) is 28.0 Å². The standard InChI is InChI=1S/C52H41N3/c1-32-13-9-23-45-47(32)48-44(22-12-24-46(48)52(45,3)4)43-21-11-20-42(33(43)2)38-18-10-19-39(31-38)49-53-50(40-27-25-34-14-5-7-16-36(34)29-40)55-51(54-49)41-28-26-35-15-6-8-17-37(35)30-41/h5-31,33,42H,1-4H3. The lowest BCUT2D eigenvalue weighted by molar-refractivity contribution is 0.651. The summed E-state index contributed by atoms with van der Waals surface area (Å²) in [6.45, 7) is 9.37. The maximum atomic E-state index is 5.17. The second kappa shape index (κ2) is 12.8. The lowest BCUT2D eigenvalue weighted by atomic mass is 9.75. The van der Waals surface area contributed by atoms with Crippen LogP contribution in [-0.2, 0) is 5.41 Å². The van der Waals surface area contributed by atoms with E-state index in [1.807, 2.05) is 0 Å². The Labute approximate surface area is 322 Å². The summed E-state index contributed by atoms with van der Waals surface area (Å²) in [5.74, 6) is 2.43. The molecule has 0 fully saturated rings. The minimum absolute atomic E-state index is 0.0450. The second-order valence-corrected chi connectivity index (χ2v) is 15.7. The lowest BCUT2D eigenvalue weighted by Gasteiger charge is -2.29. The van der Waals surface area contributed by atoms with E-state index in [1.165, 1.54) is 55.3 Å². The van der Waals surface area contributed by atoms with E-state index in [-0.39, 0.29) is 17.3 Å². The molecule has 3 nitrogen and oxygen atoms in total. The minimum atomic E-state index is -0.0450. The van der Waals surface area contributed by atoms with Crippen LogP contribution in [0.15, 0.2) is 164 Å². The zero-order chi connectivity index (χ0) is 37.3. The van der Waals surface area contributed by atoms with Crippen LogP contribution in [0.5, 0.6) is 0 Å². The molecule has 2 atom stereocenters. The van der Waals surface area contributed by atoms with Gasteiger partial charge < -0.3 is 0 Å². The summed E-state index contributed by atoms with van der Waals surface area (Å²) in [7, 11) is 0. The molecule has 0 saturated heterocycles. The van der Waals surface area contributed by atoms with E-state index in [4.69, 9.17) is 15.0 Å². The van der Waals surface area contributed by atoms with Crippen LogP contribution >= 0.6 is 0 Å². The molecule has 0 N–H and O–H groups in total. The van der Waals surface area contributed by atoms with Crippen molar-refractivity contribution in [1.29, 1.82) is 0 Å². The number of aromatic nitrogens is 3. The Balaban J connectivity index is 1.06. The van der Waals surface area contributed by atoms with Gasteiger partial charge in [0.1, 0.15) is 0 Å². The van der Waals surface area contributed by atoms with Crippen molar-refractivity contribution in [3.05, 3.63) is 192 Å². The smallest absolute Gasteiger partial charge is 0.164 e. The number of allylic oxidation sites excluding steroid dienone is 4. The highest BCUT2D eigenvalue weighted by Crippen LogP contribution is 2.54. The van der Waals surface area contributed by atoms with E-state index >= 15 is 0 Å². The maximum absolute atomic E-state index is 5.17. The first-order valence-electron chi connectivity index (χ1n) is 19.3. The number of hydrogen-bond donors (Lipinski definition) is 0. The van der Waals surface area contributed by atoms with Crippen molar-refractivity contribution in [1.82, 2.24) is 15.0 Å². The average molecular weight is 708 g/mol. The molecule has 1 aromatic heterocycles. The normalized spacial score (nSPS) is 16.9. The Kier molecular flexibility index (Phi) is 7.74. The second-order valence-electron chi connectivity index (χ2n) is 15.7. The summed E-state index contributed by atoms with van der Waals surface area (Å²) < 4.78 is 0. The first-order chi connectivity index (χ1) is 26.8. The fourth-order valence-electron chi connectivity index (χ4n) is 9.08. The molecule has 2 aliphatic rings. The molecule has 0 aliphatic heterocycles. The van der Waals surface area contributed by atoms with Crippen LogP contribution in [0.25, 0.3) is 72.4 Å². The summed E-state index contributed by atoms with van der Waals surface area (Å²) >= 11 is 0. The maximum Gasteiger partial charge on any atom is 0.164 e. The first kappa shape index (κ1) is 33.1. The Morgan fingerprint density at radius 2 is 1.05 bits per heavy atom. The molecule has 0 saturated carbocycles. The molecule has 0 spiro atoms. The highest BCUT2D eigenvalue weighted by atomic mass is 15.0. The average Bonchev–Trinajstić information content (AvgIpc) is 3.47. The van der Waals surface area contributed by atoms with Gasteiger partial charge in [-0.25, -0.2) is 15.0 Å². The van der Waals surface area contributed by atoms with Gasteiger partial charge in [0.15, 0.2) is 17.5 Å². The molecule has 0 radical (unpaired) electrons. The van der Waals surface area contributed by atoms with E-state index in [9.17, 15) is 0 Å². The van der Waals surface area contributed by atoms with E-state index in [0.717, 1.165) is 27.5 Å². The highest BCUT2D eigenvalue weighted by Gasteiger charge is 2.38. The summed E-state index contributed by atoms with van der Waals surface area (Å²) in [5, 5.41) is 4.69. The number of nitrogens with zero attached hydrogens (tertiary/aromatic N) is 3. The van der Waals surface area contributed by atoms with Gasteiger partial charge in [-0.15, -0.1) is 0 Å². The van der Waals surface area contributed by atoms with Crippen molar-refractivity contribution < 1.29 is 0 Å². The van der Waals surface area contributed by atoms with Crippen LogP contribution in [0.2, 0.25) is 0 Å². The van der Waals surface area contributed by atoms with Gasteiger partial charge in [0.05, 0.1) is 0 Å². The van der Waals surface area contributed by atoms with Gasteiger partial charge >= 0.3 is 0 Å². The minimum Gasteiger partial charge on any atom is -0.208 e. The Morgan fingerprint density at radius 3 is 1.69 bits per heavy atom. The van der Waals surface area contributed by atoms with Gasteiger partial charge in [-0.1, -0.05) is 166 Å². The quantitative estimate of drug-likeness (QED) is 0.179. The zero-order valence-electron chi connectivity index (χ0n) is 31.6. The van der Waals surface area contributed by atoms with Crippen molar-refractivity contribution in [2.24, 2.45) is 5.92 Å². The SMILES string of the molecule is Cc1cccc2c1-c1c(C3=CC=CC(c4cccc(-c5nc(-c6ccc7ccccc7c6)nc(-c6ccc7ccccc7c6)n5)c4)C3C)cccc1C2(C)C. The largest absolute Gasteiger partial charge is 0.208 e. The molecule has 3 heteroatoms. The van der Waals surface area contributed by atoms with Crippen LogP contribution in [0.1, 0.15) is 54.5 Å². The zero-order valence-corrected chi connectivity index (χ0v) is 31.6. The van der Waals surface area contributed by atoms with Crippen LogP contribution < -0.4 is 0 Å². The Hall–Kier alpha value is -6.45. The van der Waals surface area contributed by atoms with Gasteiger partial charge in [-0.05, 0) is 97.1 Å². The van der Waals surface area contributed by atoms with E-state index in [0.29, 0.717) is 17.5 Å². The molecule has 264 valence electrons. The molecular weight excluding hydrogens is 667 g/mol. The Bertz CT molecular complexity index is 2800. The molecular formula is C52H41N3. The summed E-state index contributed by atoms with van der Waals surface area (Å²) in [6, 6.07) is 52.2. The van der Waals surface area contributed by atoms with Crippen LogP contribution in [0, 0.1) is 12.8 Å². The monoisotopic (exact) mass is 707 g/mol. The van der Waals surface area contributed by atoms with E-state index < -0.39 is 0 Å². The lowest BCUT2D eigenvalue weighted by Crippen LogP contribution is -2.16. The van der Waals surface area contributed by atoms with Crippen molar-refractivity contribution in [3.8, 4) is 45.3 Å². The summed E-state index contributed by atoms with van der Waals surface area (Å²) in [4.78, 5) is 15.4. The van der Waals surface area contributed by atoms with Crippen molar-refractivity contribution >= 4 is 27.1 Å². The third-order valence-corrected chi connectivity index (χ3v) is 12.0. The molecule has 2 unspecified atom stereocenters. The number of fused-ring (bicyclic) bond motifs is 5. The predicted octanol–water partition coefficient (Wildman–Crippen LogP) is 13.2. The molecule has 7 aromatic carbocycles. The van der Waals surface area contributed by atoms with Crippen molar-refractivity contribution in [2.45, 2.75) is 39.0 Å². The fourth-order valence-corrected chi connectivity index (χ4v) is 9.08. The van der Waals surface area contributed by atoms with Gasteiger partial charge in [-0.2, -0.15) is 0 Å². The summed E-state index contributed by atoms with van der Waals surface area (Å²) in [5.41, 5.74) is 13.8. The molecule has 10 rings (SSSR count). The number of benzene rings is 7. The molecule has 2 aliphatic carbocycles. The Morgan fingerprint density at radius 1 is 0.509 bits per heavy atom. The first-order valence-corrected chi connectivity index (χ1v) is 19.3. The highest BCUT2D eigenvalue weighted by molar-refractivity contribution is 5.93. The van der Waals surface area contributed by atoms with Crippen LogP contribution in [0.4, 0.5) is 0 Å². The molecule has 1 heterocycles. The topological polar surface area (TPSA) is 38.7 Å². The van der Waals surface area contributed by atoms with Crippen LogP contribution in [-0.4, -0.2) is 15.0 Å². The number of aryl methyl sites for hydroxylation is 1. The molecule has 8 aromatic rings. The van der Waals surface area contributed by atoms with E-state index in [1.54, 1.807) is 0 Å².